The van der Waals surface area contributed by atoms with E-state index in [-0.39, 0.29) is 68.2 Å². The first-order chi connectivity index (χ1) is 70.6. The fourth-order valence-corrected chi connectivity index (χ4v) is 14.5. The first kappa shape index (κ1) is 119. The Morgan fingerprint density at radius 3 is 0.872 bits per heavy atom. The molecule has 0 spiro atoms. The molecule has 0 fully saturated rings. The van der Waals surface area contributed by atoms with Gasteiger partial charge in [0.1, 0.15) is 91.5 Å². The molecule has 32 heteroatoms. The molecule has 0 bridgehead atoms. The van der Waals surface area contributed by atoms with Crippen LogP contribution < -0.4 is 69.8 Å². The first-order valence-electron chi connectivity index (χ1n) is 48.4. The van der Waals surface area contributed by atoms with E-state index in [1.54, 1.807) is 79.0 Å². The molecule has 26 nitrogen and oxygen atoms in total. The molecule has 0 radical (unpaired) electrons. The molecule has 12 aromatic carbocycles. The van der Waals surface area contributed by atoms with Gasteiger partial charge in [0.25, 0.3) is 6.43 Å². The van der Waals surface area contributed by atoms with Gasteiger partial charge in [-0.05, 0) is 261 Å². The number of rotatable bonds is 35. The summed E-state index contributed by atoms with van der Waals surface area (Å²) in [6.45, 7) is 43.6. The highest BCUT2D eigenvalue weighted by Gasteiger charge is 2.32. The molecule has 0 atom stereocenters. The number of methoxy groups -OCH3 is 1. The van der Waals surface area contributed by atoms with Crippen LogP contribution in [0.5, 0.6) is 46.0 Å². The second-order valence-electron chi connectivity index (χ2n) is 34.1. The second-order valence-corrected chi connectivity index (χ2v) is 34.1. The summed E-state index contributed by atoms with van der Waals surface area (Å²) >= 11 is 0. The Labute approximate surface area is 863 Å². The maximum Gasteiger partial charge on any atom is 0.416 e. The molecule has 12 aromatic rings. The Bertz CT molecular complexity index is 6380. The summed E-state index contributed by atoms with van der Waals surface area (Å²) in [6, 6.07) is 64.1. The molecule has 6 amide bonds. The van der Waals surface area contributed by atoms with Gasteiger partial charge in [-0.1, -0.05) is 169 Å². The molecule has 0 aromatic heterocycles. The number of hydrogen-bond acceptors (Lipinski definition) is 20. The Hall–Kier alpha value is -15.8. The predicted octanol–water partition coefficient (Wildman–Crippen LogP) is 30.3. The first-order valence-corrected chi connectivity index (χ1v) is 48.4. The van der Waals surface area contributed by atoms with Crippen LogP contribution in [0.1, 0.15) is 191 Å². The zero-order valence-corrected chi connectivity index (χ0v) is 88.1. The number of aryl methyl sites for hydroxylation is 12. The number of nitrogens with one attached hydrogen (secondary N) is 6. The van der Waals surface area contributed by atoms with Crippen LogP contribution in [0.4, 0.5) is 89.2 Å². The summed E-state index contributed by atoms with van der Waals surface area (Å²) in [5, 5.41) is 15.6. The quantitative estimate of drug-likeness (QED) is 0.0159. The largest absolute Gasteiger partial charge is 0.497 e. The van der Waals surface area contributed by atoms with Crippen molar-refractivity contribution in [3.63, 3.8) is 0 Å². The van der Waals surface area contributed by atoms with Crippen LogP contribution in [-0.4, -0.2) is 89.9 Å². The van der Waals surface area contributed by atoms with Gasteiger partial charge in [0.05, 0.1) is 93.0 Å². The molecule has 0 aliphatic heterocycles. The number of hydrogen-bond donors (Lipinski definition) is 6. The lowest BCUT2D eigenvalue weighted by Crippen LogP contribution is -2.17. The number of amides is 6. The highest BCUT2D eigenvalue weighted by atomic mass is 19.4. The van der Waals surface area contributed by atoms with E-state index in [1.807, 2.05) is 210 Å². The molecule has 6 N–H and O–H groups in total. The highest BCUT2D eigenvalue weighted by molar-refractivity contribution is 5.90. The number of carbonyl (C=O) groups excluding carboxylic acids is 6. The lowest BCUT2D eigenvalue weighted by Gasteiger charge is -2.18. The van der Waals surface area contributed by atoms with E-state index in [9.17, 15) is 55.1 Å². The van der Waals surface area contributed by atoms with E-state index in [0.717, 1.165) is 113 Å². The fourth-order valence-electron chi connectivity index (χ4n) is 14.5. The summed E-state index contributed by atoms with van der Waals surface area (Å²) in [4.78, 5) is 70.3. The van der Waals surface area contributed by atoms with Gasteiger partial charge in [0, 0.05) is 51.1 Å². The van der Waals surface area contributed by atoms with Crippen LogP contribution in [0, 0.1) is 88.9 Å². The molecule has 0 unspecified atom stereocenters. The van der Waals surface area contributed by atoms with Gasteiger partial charge >= 0.3 is 42.7 Å². The standard InChI is InChI=1S/C21H27NO3.C20H25NO4.C19H20F3NO3.C19H21F2NO3.C19H23NO4.C18H20FNO3/c1-6-24-21(23)22-20-17(8-7-9-18(20)14(2)3)13-25-19-11-10-15(4)12-16(19)5;1-5-23-17-9-8-16(18(12-17)21-20(22)24-6-2)13-25-19-10-7-14(3)11-15(19)4;1-4-25-18(24)23-16-10-15(19(20,21)22)7-6-14(16)11-26-17-8-5-12(2)9-13(17)3;1-4-24-19(23)22-16-10-14(18(20)21)6-7-15(16)11-25-17-8-5-12(2)9-13(17)3;1-5-23-19(21)20-17-11-16(22-4)8-7-15(17)12-24-18-9-6-13(2)10-14(18)3;1-4-22-18(21)20-17-14(6-5-7-15(17)19)11-23-16-9-8-12(2)10-13(16)3/h7-12,14H,6,13H2,1-5H3,(H,22,23);7-12H,5-6,13H2,1-4H3,(H,21,22);5-10H,4,11H2,1-3H3,(H,23,24);5-10,18H,4,11H2,1-3H3,(H,22,23);6-11H,5,12H2,1-4H3,(H,20,21);5-10H,4,11H2,1-3H3,(H,20,21). The summed E-state index contributed by atoms with van der Waals surface area (Å²) in [5.41, 5.74) is 19.6. The van der Waals surface area contributed by atoms with Crippen molar-refractivity contribution in [1.82, 2.24) is 0 Å². The van der Waals surface area contributed by atoms with Gasteiger partial charge in [-0.15, -0.1) is 0 Å². The smallest absolute Gasteiger partial charge is 0.416 e. The van der Waals surface area contributed by atoms with Crippen LogP contribution >= 0.6 is 0 Å². The summed E-state index contributed by atoms with van der Waals surface area (Å²) in [7, 11) is 1.58. The predicted molar refractivity (Wildman–Crippen MR) is 566 cm³/mol. The number of carbonyl (C=O) groups is 6. The average Bonchev–Trinajstić information content (AvgIpc) is 0.838. The summed E-state index contributed by atoms with van der Waals surface area (Å²) < 4.78 is 154. The van der Waals surface area contributed by atoms with Crippen LogP contribution in [-0.2, 0) is 74.2 Å². The number of benzene rings is 12. The third kappa shape index (κ3) is 40.0. The number of anilines is 6. The molecule has 0 saturated carbocycles. The van der Waals surface area contributed by atoms with E-state index >= 15 is 0 Å². The summed E-state index contributed by atoms with van der Waals surface area (Å²) in [5.74, 6) is 5.62. The zero-order valence-electron chi connectivity index (χ0n) is 88.1. The van der Waals surface area contributed by atoms with Gasteiger partial charge in [-0.25, -0.2) is 41.9 Å². The van der Waals surface area contributed by atoms with Crippen molar-refractivity contribution in [2.45, 2.75) is 204 Å². The van der Waals surface area contributed by atoms with E-state index in [2.05, 4.69) is 70.9 Å². The average molecular weight is 2050 g/mol. The minimum absolute atomic E-state index is 0.00281. The van der Waals surface area contributed by atoms with E-state index in [1.165, 1.54) is 47.0 Å². The van der Waals surface area contributed by atoms with Gasteiger partial charge in [-0.3, -0.25) is 31.9 Å². The van der Waals surface area contributed by atoms with Gasteiger partial charge in [-0.2, -0.15) is 13.2 Å². The molecule has 148 heavy (non-hydrogen) atoms. The SMILES string of the molecule is CCOC(=O)Nc1c(COc2ccc(C)cc2C)cccc1C(C)C.CCOC(=O)Nc1c(F)cccc1COc1ccc(C)cc1C.CCOC(=O)Nc1cc(C(F)(F)F)ccc1COc1ccc(C)cc1C.CCOC(=O)Nc1cc(C(F)F)ccc1COc1ccc(C)cc1C.CCOC(=O)Nc1cc(OC)ccc1COc1ccc(C)cc1C.CCOC(=O)Nc1cc(OCC)ccc1COc1ccc(C)cc1C. The van der Waals surface area contributed by atoms with Crippen LogP contribution in [0.3, 0.4) is 0 Å². The monoisotopic (exact) mass is 2050 g/mol. The van der Waals surface area contributed by atoms with E-state index in [4.69, 9.17) is 66.3 Å². The number of ether oxygens (including phenoxy) is 14. The topological polar surface area (TPSA) is 304 Å². The Morgan fingerprint density at radius 1 is 0.291 bits per heavy atom. The van der Waals surface area contributed by atoms with Gasteiger partial charge < -0.3 is 66.3 Å². The van der Waals surface area contributed by atoms with Crippen molar-refractivity contribution in [1.29, 1.82) is 0 Å². The van der Waals surface area contributed by atoms with Crippen molar-refractivity contribution in [3.05, 3.63) is 341 Å². The van der Waals surface area contributed by atoms with Crippen LogP contribution in [0.2, 0.25) is 0 Å². The number of para-hydroxylation sites is 2. The minimum atomic E-state index is -4.52. The second kappa shape index (κ2) is 60.9. The Kier molecular flexibility index (Phi) is 49.0. The molecular formula is C116H136F6N6O20. The fraction of sp³-hybridized carbons (Fsp3) is 0.328. The van der Waals surface area contributed by atoms with Crippen molar-refractivity contribution >= 4 is 70.7 Å². The van der Waals surface area contributed by atoms with Crippen molar-refractivity contribution < 1.29 is 121 Å². The van der Waals surface area contributed by atoms with Crippen molar-refractivity contribution in [2.75, 3.05) is 85.3 Å². The molecule has 12 rings (SSSR count). The minimum Gasteiger partial charge on any atom is -0.497 e. The van der Waals surface area contributed by atoms with Gasteiger partial charge in [0.15, 0.2) is 0 Å². The maximum atomic E-state index is 14.0. The van der Waals surface area contributed by atoms with Crippen LogP contribution in [0.25, 0.3) is 0 Å². The van der Waals surface area contributed by atoms with Gasteiger partial charge in [0.2, 0.25) is 0 Å². The third-order valence-corrected chi connectivity index (χ3v) is 21.8. The molecule has 792 valence electrons. The normalized spacial score (nSPS) is 10.5. The Morgan fingerprint density at radius 2 is 0.568 bits per heavy atom. The zero-order chi connectivity index (χ0) is 109. The Balaban J connectivity index is 0.000000240. The molecular weight excluding hydrogens is 1910 g/mol. The number of alkyl halides is 5. The highest BCUT2D eigenvalue weighted by Crippen LogP contribution is 2.38. The lowest BCUT2D eigenvalue weighted by molar-refractivity contribution is -0.137. The molecule has 0 aliphatic carbocycles. The van der Waals surface area contributed by atoms with E-state index in [0.29, 0.717) is 97.3 Å². The molecule has 0 saturated heterocycles. The van der Waals surface area contributed by atoms with Crippen molar-refractivity contribution in [2.24, 2.45) is 0 Å². The molecule has 0 heterocycles. The summed E-state index contributed by atoms with van der Waals surface area (Å²) in [6.07, 6.45) is -10.8. The van der Waals surface area contributed by atoms with Crippen molar-refractivity contribution in [3.8, 4) is 46.0 Å². The third-order valence-electron chi connectivity index (χ3n) is 21.8. The van der Waals surface area contributed by atoms with E-state index < -0.39 is 60.5 Å². The van der Waals surface area contributed by atoms with Crippen LogP contribution in [0.15, 0.2) is 218 Å². The number of halogens is 6. The maximum absolute atomic E-state index is 14.0. The lowest BCUT2D eigenvalue weighted by atomic mass is 9.98. The molecule has 0 aliphatic rings.